The molecule has 1 aromatic carbocycles. The van der Waals surface area contributed by atoms with Crippen LogP contribution >= 0.6 is 31.9 Å². The van der Waals surface area contributed by atoms with E-state index in [1.807, 2.05) is 18.2 Å². The molecule has 0 aromatic heterocycles. The molecule has 1 aliphatic carbocycles. The first-order valence-electron chi connectivity index (χ1n) is 7.29. The molecule has 1 saturated carbocycles. The van der Waals surface area contributed by atoms with Crippen LogP contribution in [0.1, 0.15) is 49.4 Å². The molecule has 4 heteroatoms. The van der Waals surface area contributed by atoms with Gasteiger partial charge in [0.05, 0.1) is 5.56 Å². The van der Waals surface area contributed by atoms with Crippen LogP contribution < -0.4 is 5.32 Å². The van der Waals surface area contributed by atoms with Crippen LogP contribution in [-0.2, 0) is 0 Å². The Morgan fingerprint density at radius 2 is 2.15 bits per heavy atom. The minimum absolute atomic E-state index is 0.00188. The molecule has 1 aliphatic rings. The van der Waals surface area contributed by atoms with Gasteiger partial charge in [0.2, 0.25) is 0 Å². The first-order chi connectivity index (χ1) is 9.56. The Kier molecular flexibility index (Phi) is 6.09. The third kappa shape index (κ3) is 4.59. The predicted octanol–water partition coefficient (Wildman–Crippen LogP) is 5.16. The van der Waals surface area contributed by atoms with Crippen LogP contribution in [0, 0.1) is 11.8 Å². The lowest BCUT2D eigenvalue weighted by Gasteiger charge is -2.26. The normalized spacial score (nSPS) is 22.6. The van der Waals surface area contributed by atoms with Crippen molar-refractivity contribution in [2.45, 2.75) is 39.0 Å². The van der Waals surface area contributed by atoms with Gasteiger partial charge in [-0.1, -0.05) is 42.1 Å². The molecular weight excluding hydrogens is 382 g/mol. The topological polar surface area (TPSA) is 29.1 Å². The van der Waals surface area contributed by atoms with E-state index in [0.717, 1.165) is 33.7 Å². The molecule has 2 rings (SSSR count). The summed E-state index contributed by atoms with van der Waals surface area (Å²) in [6.07, 6.45) is 6.45. The summed E-state index contributed by atoms with van der Waals surface area (Å²) < 4.78 is 1.76. The summed E-state index contributed by atoms with van der Waals surface area (Å²) in [7, 11) is 0. The van der Waals surface area contributed by atoms with E-state index < -0.39 is 0 Å². The highest BCUT2D eigenvalue weighted by atomic mass is 79.9. The highest BCUT2D eigenvalue weighted by Crippen LogP contribution is 2.30. The van der Waals surface area contributed by atoms with Crippen molar-refractivity contribution in [1.82, 2.24) is 5.32 Å². The quantitative estimate of drug-likeness (QED) is 0.740. The second kappa shape index (κ2) is 7.60. The summed E-state index contributed by atoms with van der Waals surface area (Å²) in [5.74, 6) is 1.63. The smallest absolute Gasteiger partial charge is 0.252 e. The van der Waals surface area contributed by atoms with Gasteiger partial charge in [-0.25, -0.2) is 0 Å². The minimum Gasteiger partial charge on any atom is -0.352 e. The van der Waals surface area contributed by atoms with Gasteiger partial charge in [0, 0.05) is 15.5 Å². The molecule has 0 spiro atoms. The predicted molar refractivity (Wildman–Crippen MR) is 89.9 cm³/mol. The zero-order valence-corrected chi connectivity index (χ0v) is 15.0. The van der Waals surface area contributed by atoms with Crippen molar-refractivity contribution in [2.75, 3.05) is 6.54 Å². The number of hydrogen-bond donors (Lipinski definition) is 1. The maximum atomic E-state index is 12.2. The lowest BCUT2D eigenvalue weighted by molar-refractivity contribution is 0.0949. The van der Waals surface area contributed by atoms with Gasteiger partial charge in [-0.15, -0.1) is 0 Å². The van der Waals surface area contributed by atoms with Crippen molar-refractivity contribution < 1.29 is 4.79 Å². The molecule has 2 nitrogen and oxygen atoms in total. The minimum atomic E-state index is 0.00188. The fourth-order valence-electron chi connectivity index (χ4n) is 2.98. The Morgan fingerprint density at radius 1 is 1.35 bits per heavy atom. The van der Waals surface area contributed by atoms with Gasteiger partial charge in [-0.3, -0.25) is 4.79 Å². The average Bonchev–Trinajstić information content (AvgIpc) is 2.41. The van der Waals surface area contributed by atoms with Gasteiger partial charge in [0.15, 0.2) is 0 Å². The van der Waals surface area contributed by atoms with Crippen LogP contribution in [0.25, 0.3) is 0 Å². The van der Waals surface area contributed by atoms with Crippen LogP contribution in [-0.4, -0.2) is 12.5 Å². The molecule has 0 aliphatic heterocycles. The third-order valence-electron chi connectivity index (χ3n) is 4.06. The second-order valence-electron chi connectivity index (χ2n) is 5.81. The van der Waals surface area contributed by atoms with Crippen molar-refractivity contribution in [3.63, 3.8) is 0 Å². The van der Waals surface area contributed by atoms with E-state index in [0.29, 0.717) is 5.56 Å². The van der Waals surface area contributed by atoms with E-state index in [9.17, 15) is 4.79 Å². The summed E-state index contributed by atoms with van der Waals surface area (Å²) in [6.45, 7) is 3.11. The second-order valence-corrected chi connectivity index (χ2v) is 7.58. The molecule has 20 heavy (non-hydrogen) atoms. The van der Waals surface area contributed by atoms with E-state index in [1.54, 1.807) is 0 Å². The first-order valence-corrected chi connectivity index (χ1v) is 8.88. The van der Waals surface area contributed by atoms with Gasteiger partial charge in [-0.05, 0) is 58.8 Å². The molecule has 0 heterocycles. The molecule has 1 fully saturated rings. The summed E-state index contributed by atoms with van der Waals surface area (Å²) in [5.41, 5.74) is 0.691. The summed E-state index contributed by atoms with van der Waals surface area (Å²) in [6, 6.07) is 5.66. The van der Waals surface area contributed by atoms with Crippen molar-refractivity contribution in [2.24, 2.45) is 11.8 Å². The monoisotopic (exact) mass is 401 g/mol. The van der Waals surface area contributed by atoms with Crippen LogP contribution in [0.2, 0.25) is 0 Å². The number of carbonyl (C=O) groups excluding carboxylic acids is 1. The Labute approximate surface area is 138 Å². The van der Waals surface area contributed by atoms with Gasteiger partial charge < -0.3 is 5.32 Å². The van der Waals surface area contributed by atoms with E-state index in [4.69, 9.17) is 0 Å². The number of rotatable bonds is 4. The van der Waals surface area contributed by atoms with Crippen LogP contribution in [0.15, 0.2) is 27.1 Å². The van der Waals surface area contributed by atoms with E-state index in [1.165, 1.54) is 25.7 Å². The average molecular weight is 403 g/mol. The number of amides is 1. The Hall–Kier alpha value is -0.350. The van der Waals surface area contributed by atoms with Gasteiger partial charge in [-0.2, -0.15) is 0 Å². The van der Waals surface area contributed by atoms with Crippen molar-refractivity contribution in [3.05, 3.63) is 32.7 Å². The van der Waals surface area contributed by atoms with Crippen LogP contribution in [0.4, 0.5) is 0 Å². The molecule has 1 N–H and O–H groups in total. The van der Waals surface area contributed by atoms with Gasteiger partial charge in [0.1, 0.15) is 0 Å². The summed E-state index contributed by atoms with van der Waals surface area (Å²) in [4.78, 5) is 12.2. The van der Waals surface area contributed by atoms with E-state index in [-0.39, 0.29) is 5.91 Å². The van der Waals surface area contributed by atoms with E-state index in [2.05, 4.69) is 44.1 Å². The zero-order valence-electron chi connectivity index (χ0n) is 11.8. The molecule has 1 aromatic rings. The van der Waals surface area contributed by atoms with Crippen LogP contribution in [0.5, 0.6) is 0 Å². The molecule has 1 amide bonds. The Bertz CT molecular complexity index is 476. The maximum Gasteiger partial charge on any atom is 0.252 e. The lowest BCUT2D eigenvalue weighted by atomic mass is 9.81. The standard InChI is InChI=1S/C16H21Br2NO/c1-11-3-2-4-12(9-11)7-8-19-16(20)14-10-13(17)5-6-15(14)18/h5-6,10-12H,2-4,7-9H2,1H3,(H,19,20). The van der Waals surface area contributed by atoms with Crippen LogP contribution in [0.3, 0.4) is 0 Å². The van der Waals surface area contributed by atoms with Crippen molar-refractivity contribution in [3.8, 4) is 0 Å². The third-order valence-corrected chi connectivity index (χ3v) is 5.24. The molecule has 0 bridgehead atoms. The van der Waals surface area contributed by atoms with Gasteiger partial charge >= 0.3 is 0 Å². The number of carbonyl (C=O) groups is 1. The Morgan fingerprint density at radius 3 is 2.90 bits per heavy atom. The molecule has 0 saturated heterocycles. The van der Waals surface area contributed by atoms with E-state index >= 15 is 0 Å². The number of nitrogens with one attached hydrogen (secondary N) is 1. The summed E-state index contributed by atoms with van der Waals surface area (Å²) in [5, 5.41) is 3.04. The molecule has 110 valence electrons. The molecule has 2 atom stereocenters. The first kappa shape index (κ1) is 16.0. The summed E-state index contributed by atoms with van der Waals surface area (Å²) >= 11 is 6.83. The lowest BCUT2D eigenvalue weighted by Crippen LogP contribution is -2.27. The SMILES string of the molecule is CC1CCCC(CCNC(=O)c2cc(Br)ccc2Br)C1. The van der Waals surface area contributed by atoms with Crippen molar-refractivity contribution >= 4 is 37.8 Å². The highest BCUT2D eigenvalue weighted by molar-refractivity contribution is 9.11. The number of halogens is 2. The Balaban J connectivity index is 1.81. The molecular formula is C16H21Br2NO. The fraction of sp³-hybridized carbons (Fsp3) is 0.562. The zero-order chi connectivity index (χ0) is 14.5. The fourth-order valence-corrected chi connectivity index (χ4v) is 3.77. The largest absolute Gasteiger partial charge is 0.352 e. The number of benzene rings is 1. The highest BCUT2D eigenvalue weighted by Gasteiger charge is 2.19. The van der Waals surface area contributed by atoms with Gasteiger partial charge in [0.25, 0.3) is 5.91 Å². The molecule has 0 radical (unpaired) electrons. The number of hydrogen-bond acceptors (Lipinski definition) is 1. The maximum absolute atomic E-state index is 12.2. The van der Waals surface area contributed by atoms with Crippen molar-refractivity contribution in [1.29, 1.82) is 0 Å². The molecule has 2 unspecified atom stereocenters.